The molecule has 44 heavy (non-hydrogen) atoms. The zero-order valence-electron chi connectivity index (χ0n) is 25.0. The number of nitrogens with one attached hydrogen (secondary N) is 1. The first-order valence-electron chi connectivity index (χ1n) is 14.9. The van der Waals surface area contributed by atoms with Crippen molar-refractivity contribution in [2.45, 2.75) is 83.3 Å². The monoisotopic (exact) mass is 602 g/mol. The number of likely N-dealkylation sites (tertiary alicyclic amines) is 1. The van der Waals surface area contributed by atoms with Gasteiger partial charge in [-0.25, -0.2) is 9.18 Å². The molecule has 3 aromatic rings. The van der Waals surface area contributed by atoms with Gasteiger partial charge in [0.2, 0.25) is 5.91 Å². The molecule has 1 aromatic carbocycles. The van der Waals surface area contributed by atoms with Gasteiger partial charge in [-0.1, -0.05) is 12.1 Å². The molecular formula is C32H35FN6O5. The number of aromatic nitrogens is 2. The van der Waals surface area contributed by atoms with Gasteiger partial charge < -0.3 is 19.4 Å². The molecule has 1 saturated heterocycles. The Morgan fingerprint density at radius 2 is 2.02 bits per heavy atom. The van der Waals surface area contributed by atoms with E-state index in [0.717, 1.165) is 18.5 Å². The average Bonchev–Trinajstić information content (AvgIpc) is 3.79. The van der Waals surface area contributed by atoms with Crippen molar-refractivity contribution in [2.75, 3.05) is 6.54 Å². The van der Waals surface area contributed by atoms with Crippen LogP contribution in [0.2, 0.25) is 0 Å². The number of halogens is 1. The summed E-state index contributed by atoms with van der Waals surface area (Å²) in [6.07, 6.45) is 4.83. The Labute approximate surface area is 254 Å². The Morgan fingerprint density at radius 1 is 1.20 bits per heavy atom. The van der Waals surface area contributed by atoms with Gasteiger partial charge in [-0.3, -0.25) is 19.2 Å². The molecule has 2 fully saturated rings. The van der Waals surface area contributed by atoms with Crippen molar-refractivity contribution < 1.29 is 27.9 Å². The predicted octanol–water partition coefficient (Wildman–Crippen LogP) is 4.28. The number of hydrogen-bond donors (Lipinski definition) is 1. The molecule has 3 aliphatic rings. The van der Waals surface area contributed by atoms with Crippen LogP contribution >= 0.6 is 0 Å². The zero-order valence-corrected chi connectivity index (χ0v) is 25.0. The number of hydrogen-bond acceptors (Lipinski definition) is 7. The van der Waals surface area contributed by atoms with Gasteiger partial charge in [0.25, 0.3) is 5.91 Å². The van der Waals surface area contributed by atoms with Crippen molar-refractivity contribution in [3.8, 4) is 17.4 Å². The molecule has 1 N–H and O–H groups in total. The molecule has 0 unspecified atom stereocenters. The molecule has 1 aliphatic carbocycles. The van der Waals surface area contributed by atoms with Gasteiger partial charge in [-0.15, -0.1) is 0 Å². The third-order valence-corrected chi connectivity index (χ3v) is 8.56. The number of carbonyl (C=O) groups excluding carboxylic acids is 3. The highest BCUT2D eigenvalue weighted by molar-refractivity contribution is 5.95. The number of ether oxygens (including phenoxy) is 1. The second-order valence-electron chi connectivity index (χ2n) is 12.7. The number of rotatable bonds is 6. The van der Waals surface area contributed by atoms with Crippen LogP contribution in [0, 0.1) is 23.1 Å². The molecule has 0 radical (unpaired) electrons. The highest BCUT2D eigenvalue weighted by Gasteiger charge is 2.52. The molecule has 2 aromatic heterocycles. The molecular weight excluding hydrogens is 567 g/mol. The molecule has 6 rings (SSSR count). The number of carbonyl (C=O) groups is 3. The summed E-state index contributed by atoms with van der Waals surface area (Å²) in [4.78, 5) is 42.6. The summed E-state index contributed by atoms with van der Waals surface area (Å²) < 4.78 is 28.3. The normalized spacial score (nSPS) is 21.5. The largest absolute Gasteiger partial charge is 0.464 e. The Balaban J connectivity index is 1.10. The zero-order chi connectivity index (χ0) is 31.2. The van der Waals surface area contributed by atoms with Crippen LogP contribution in [0.3, 0.4) is 0 Å². The van der Waals surface area contributed by atoms with Crippen LogP contribution in [0.5, 0.6) is 0 Å². The maximum absolute atomic E-state index is 15.3. The van der Waals surface area contributed by atoms with Crippen molar-refractivity contribution in [2.24, 2.45) is 5.92 Å². The third-order valence-electron chi connectivity index (χ3n) is 8.56. The van der Waals surface area contributed by atoms with E-state index >= 15 is 4.39 Å². The van der Waals surface area contributed by atoms with Gasteiger partial charge in [0.15, 0.2) is 0 Å². The van der Waals surface area contributed by atoms with E-state index in [2.05, 4.69) is 16.5 Å². The smallest absolute Gasteiger partial charge is 0.411 e. The fourth-order valence-corrected chi connectivity index (χ4v) is 6.52. The third kappa shape index (κ3) is 5.78. The fourth-order valence-electron chi connectivity index (χ4n) is 6.52. The minimum atomic E-state index is -1.00. The van der Waals surface area contributed by atoms with Gasteiger partial charge in [0, 0.05) is 30.8 Å². The van der Waals surface area contributed by atoms with Crippen molar-refractivity contribution >= 4 is 17.9 Å². The van der Waals surface area contributed by atoms with Crippen molar-refractivity contribution in [1.82, 2.24) is 24.9 Å². The van der Waals surface area contributed by atoms with Crippen LogP contribution in [-0.2, 0) is 29.0 Å². The molecule has 2 aliphatic heterocycles. The molecule has 12 heteroatoms. The molecule has 0 spiro atoms. The summed E-state index contributed by atoms with van der Waals surface area (Å²) in [5, 5.41) is 16.8. The number of nitrogens with zero attached hydrogens (tertiary/aromatic N) is 5. The predicted molar refractivity (Wildman–Crippen MR) is 155 cm³/mol. The lowest BCUT2D eigenvalue weighted by Gasteiger charge is -2.35. The van der Waals surface area contributed by atoms with E-state index in [1.807, 2.05) is 10.7 Å². The van der Waals surface area contributed by atoms with Crippen LogP contribution < -0.4 is 5.32 Å². The van der Waals surface area contributed by atoms with E-state index in [0.29, 0.717) is 42.9 Å². The summed E-state index contributed by atoms with van der Waals surface area (Å²) in [5.41, 5.74) is 1.30. The Hall–Kier alpha value is -4.66. The van der Waals surface area contributed by atoms with Crippen LogP contribution in [0.25, 0.3) is 11.3 Å². The maximum Gasteiger partial charge on any atom is 0.411 e. The van der Waals surface area contributed by atoms with E-state index in [9.17, 15) is 19.6 Å². The molecule has 11 nitrogen and oxygen atoms in total. The van der Waals surface area contributed by atoms with E-state index in [1.165, 1.54) is 17.2 Å². The lowest BCUT2D eigenvalue weighted by molar-refractivity contribution is -0.128. The molecule has 4 heterocycles. The van der Waals surface area contributed by atoms with Gasteiger partial charge in [-0.05, 0) is 69.7 Å². The standard InChI is InChI=1S/C32H35FN6O5/c1-32(2,3)44-31(42)39-24-7-6-21(13-24)28(39)29(40)36-23(16-34)12-19-4-5-20(14-26(19)33)27-15-22(18-43-27)30(41)37-10-11-38-25(17-37)8-9-35-38/h4-5,8-9,14-15,18,21,23-24,28H,6-7,10-13,17H2,1-3H3,(H,36,40)/t21-,23-,24+,28-/m0/s1. The summed E-state index contributed by atoms with van der Waals surface area (Å²) >= 11 is 0. The topological polar surface area (TPSA) is 134 Å². The van der Waals surface area contributed by atoms with Gasteiger partial charge >= 0.3 is 6.09 Å². The molecule has 1 saturated carbocycles. The highest BCUT2D eigenvalue weighted by atomic mass is 19.1. The van der Waals surface area contributed by atoms with Gasteiger partial charge in [-0.2, -0.15) is 10.4 Å². The number of fused-ring (bicyclic) bond motifs is 3. The number of benzene rings is 1. The van der Waals surface area contributed by atoms with E-state index in [-0.39, 0.29) is 29.9 Å². The van der Waals surface area contributed by atoms with Gasteiger partial charge in [0.05, 0.1) is 30.4 Å². The minimum absolute atomic E-state index is 0.00799. The number of piperidine rings is 1. The highest BCUT2D eigenvalue weighted by Crippen LogP contribution is 2.43. The quantitative estimate of drug-likeness (QED) is 0.445. The van der Waals surface area contributed by atoms with E-state index in [4.69, 9.17) is 9.15 Å². The van der Waals surface area contributed by atoms with Crippen molar-refractivity contribution in [3.05, 3.63) is 65.4 Å². The second-order valence-corrected chi connectivity index (χ2v) is 12.7. The molecule has 4 atom stereocenters. The van der Waals surface area contributed by atoms with Crippen LogP contribution in [-0.4, -0.2) is 67.8 Å². The SMILES string of the molecule is CC(C)(C)OC(=O)N1[C@@H]2CC[C@@H](C2)[C@H]1C(=O)N[C@H](C#N)Cc1ccc(-c2cc(C(=O)N3CCn4nccc4C3)co2)cc1F. The lowest BCUT2D eigenvalue weighted by Crippen LogP contribution is -2.55. The molecule has 2 bridgehead atoms. The molecule has 3 amide bonds. The number of amides is 3. The Kier molecular flexibility index (Phi) is 7.65. The Bertz CT molecular complexity index is 1630. The first-order valence-corrected chi connectivity index (χ1v) is 14.9. The number of furan rings is 1. The minimum Gasteiger partial charge on any atom is -0.464 e. The first kappa shape index (κ1) is 29.4. The Morgan fingerprint density at radius 3 is 2.77 bits per heavy atom. The lowest BCUT2D eigenvalue weighted by atomic mass is 9.97. The van der Waals surface area contributed by atoms with Crippen LogP contribution in [0.4, 0.5) is 9.18 Å². The second kappa shape index (κ2) is 11.4. The molecule has 230 valence electrons. The van der Waals surface area contributed by atoms with E-state index in [1.54, 1.807) is 50.1 Å². The van der Waals surface area contributed by atoms with Crippen molar-refractivity contribution in [3.63, 3.8) is 0 Å². The van der Waals surface area contributed by atoms with Crippen LogP contribution in [0.15, 0.2) is 47.2 Å². The van der Waals surface area contributed by atoms with Crippen molar-refractivity contribution in [1.29, 1.82) is 5.26 Å². The van der Waals surface area contributed by atoms with Gasteiger partial charge in [0.1, 0.15) is 35.5 Å². The van der Waals surface area contributed by atoms with Crippen LogP contribution in [0.1, 0.15) is 61.6 Å². The maximum atomic E-state index is 15.3. The first-order chi connectivity index (χ1) is 21.0. The summed E-state index contributed by atoms with van der Waals surface area (Å²) in [6, 6.07) is 8.21. The average molecular weight is 603 g/mol. The summed E-state index contributed by atoms with van der Waals surface area (Å²) in [5.74, 6) is -0.854. The fraction of sp³-hybridized carbons (Fsp3) is 0.469. The summed E-state index contributed by atoms with van der Waals surface area (Å²) in [6.45, 7) is 6.90. The summed E-state index contributed by atoms with van der Waals surface area (Å²) in [7, 11) is 0. The van der Waals surface area contributed by atoms with E-state index < -0.39 is 35.5 Å². The number of nitriles is 1.